The van der Waals surface area contributed by atoms with E-state index in [0.717, 1.165) is 6.42 Å². The number of benzene rings is 1. The normalized spacial score (nSPS) is 35.3. The van der Waals surface area contributed by atoms with E-state index in [9.17, 15) is 23.1 Å². The zero-order valence-electron chi connectivity index (χ0n) is 14.9. The van der Waals surface area contributed by atoms with Crippen LogP contribution in [-0.2, 0) is 19.4 Å². The molecule has 2 saturated carbocycles. The van der Waals surface area contributed by atoms with Gasteiger partial charge in [-0.2, -0.15) is 0 Å². The lowest BCUT2D eigenvalue weighted by Crippen LogP contribution is -2.68. The lowest BCUT2D eigenvalue weighted by molar-refractivity contribution is -0.150. The number of carbonyl (C=O) groups is 2. The van der Waals surface area contributed by atoms with Crippen molar-refractivity contribution in [3.63, 3.8) is 0 Å². The molecule has 146 valence electrons. The van der Waals surface area contributed by atoms with E-state index in [4.69, 9.17) is 0 Å². The summed E-state index contributed by atoms with van der Waals surface area (Å²) in [7, 11) is -3.91. The molecule has 4 rings (SSSR count). The Labute approximate surface area is 158 Å². The van der Waals surface area contributed by atoms with Crippen molar-refractivity contribution < 1.29 is 23.1 Å². The third-order valence-electron chi connectivity index (χ3n) is 6.46. The Balaban J connectivity index is 1.76. The van der Waals surface area contributed by atoms with E-state index in [1.54, 1.807) is 18.2 Å². The molecule has 8 heteroatoms. The Morgan fingerprint density at radius 3 is 2.52 bits per heavy atom. The number of carboxylic acids is 1. The molecular weight excluding hydrogens is 368 g/mol. The van der Waals surface area contributed by atoms with Gasteiger partial charge in [-0.3, -0.25) is 4.79 Å². The number of hydrogen-bond donors (Lipinski definition) is 3. The molecule has 1 amide bonds. The molecule has 2 aliphatic carbocycles. The SMILES string of the molecule is O=C(NC1(C(=O)O)C2CCC(C2)C1S(=O)(=O)c1ccccc1)[C@@H]1CCCN1. The number of nitrogens with one attached hydrogen (secondary N) is 2. The van der Waals surface area contributed by atoms with Crippen LogP contribution >= 0.6 is 0 Å². The maximum atomic E-state index is 13.4. The van der Waals surface area contributed by atoms with Crippen molar-refractivity contribution in [2.45, 2.75) is 53.8 Å². The van der Waals surface area contributed by atoms with Gasteiger partial charge in [0.2, 0.25) is 5.91 Å². The number of rotatable bonds is 5. The maximum absolute atomic E-state index is 13.4. The second kappa shape index (κ2) is 6.60. The summed E-state index contributed by atoms with van der Waals surface area (Å²) < 4.78 is 26.8. The van der Waals surface area contributed by atoms with Gasteiger partial charge in [0.05, 0.1) is 10.9 Å². The van der Waals surface area contributed by atoms with Crippen molar-refractivity contribution in [1.82, 2.24) is 10.6 Å². The summed E-state index contributed by atoms with van der Waals surface area (Å²) in [5.41, 5.74) is -1.76. The van der Waals surface area contributed by atoms with Gasteiger partial charge in [0.25, 0.3) is 0 Å². The van der Waals surface area contributed by atoms with Crippen LogP contribution in [-0.4, -0.2) is 48.8 Å². The molecule has 1 aliphatic heterocycles. The van der Waals surface area contributed by atoms with Gasteiger partial charge in [0, 0.05) is 0 Å². The molecule has 4 unspecified atom stereocenters. The minimum Gasteiger partial charge on any atom is -0.479 e. The van der Waals surface area contributed by atoms with E-state index >= 15 is 0 Å². The van der Waals surface area contributed by atoms with Crippen LogP contribution in [0, 0.1) is 11.8 Å². The molecule has 3 fully saturated rings. The second-order valence-corrected chi connectivity index (χ2v) is 9.93. The Hall–Kier alpha value is -1.93. The summed E-state index contributed by atoms with van der Waals surface area (Å²) in [5.74, 6) is -2.27. The summed E-state index contributed by atoms with van der Waals surface area (Å²) in [6.45, 7) is 0.704. The van der Waals surface area contributed by atoms with E-state index in [0.29, 0.717) is 32.2 Å². The van der Waals surface area contributed by atoms with Crippen LogP contribution < -0.4 is 10.6 Å². The highest BCUT2D eigenvalue weighted by Crippen LogP contribution is 2.54. The van der Waals surface area contributed by atoms with E-state index in [1.165, 1.54) is 12.1 Å². The largest absolute Gasteiger partial charge is 0.479 e. The standard InChI is InChI=1S/C19H24N2O5S/c22-17(15-7-4-10-20-15)21-19(18(23)24)13-9-8-12(11-13)16(19)27(25,26)14-5-2-1-3-6-14/h1-3,5-6,12-13,15-16,20H,4,7-11H2,(H,21,22)(H,23,24)/t12?,13?,15-,16?,19?/m0/s1. The predicted octanol–water partition coefficient (Wildman–Crippen LogP) is 0.950. The van der Waals surface area contributed by atoms with Crippen LogP contribution in [0.25, 0.3) is 0 Å². The van der Waals surface area contributed by atoms with Gasteiger partial charge in [-0.1, -0.05) is 18.2 Å². The van der Waals surface area contributed by atoms with Crippen LogP contribution in [0.5, 0.6) is 0 Å². The molecule has 1 saturated heterocycles. The van der Waals surface area contributed by atoms with Crippen molar-refractivity contribution in [1.29, 1.82) is 0 Å². The Morgan fingerprint density at radius 1 is 1.15 bits per heavy atom. The first kappa shape index (κ1) is 18.4. The summed E-state index contributed by atoms with van der Waals surface area (Å²) in [6.07, 6.45) is 3.28. The van der Waals surface area contributed by atoms with Crippen molar-refractivity contribution in [3.05, 3.63) is 30.3 Å². The lowest BCUT2D eigenvalue weighted by atomic mass is 9.80. The van der Waals surface area contributed by atoms with E-state index in [-0.39, 0.29) is 16.7 Å². The van der Waals surface area contributed by atoms with Gasteiger partial charge in [0.1, 0.15) is 5.25 Å². The number of amides is 1. The lowest BCUT2D eigenvalue weighted by Gasteiger charge is -2.41. The molecule has 5 atom stereocenters. The third-order valence-corrected chi connectivity index (χ3v) is 8.82. The summed E-state index contributed by atoms with van der Waals surface area (Å²) >= 11 is 0. The zero-order valence-corrected chi connectivity index (χ0v) is 15.7. The minimum absolute atomic E-state index is 0.112. The molecular formula is C19H24N2O5S. The maximum Gasteiger partial charge on any atom is 0.331 e. The van der Waals surface area contributed by atoms with Crippen LogP contribution in [0.3, 0.4) is 0 Å². The average molecular weight is 392 g/mol. The number of fused-ring (bicyclic) bond motifs is 2. The summed E-state index contributed by atoms with van der Waals surface area (Å²) in [6, 6.07) is 7.51. The van der Waals surface area contributed by atoms with Crippen molar-refractivity contribution >= 4 is 21.7 Å². The molecule has 3 N–H and O–H groups in total. The van der Waals surface area contributed by atoms with Gasteiger partial charge in [-0.05, 0) is 62.6 Å². The number of hydrogen-bond acceptors (Lipinski definition) is 5. The highest BCUT2D eigenvalue weighted by atomic mass is 32.2. The predicted molar refractivity (Wildman–Crippen MR) is 97.8 cm³/mol. The van der Waals surface area contributed by atoms with Gasteiger partial charge >= 0.3 is 5.97 Å². The first-order valence-electron chi connectivity index (χ1n) is 9.45. The molecule has 7 nitrogen and oxygen atoms in total. The smallest absolute Gasteiger partial charge is 0.331 e. The monoisotopic (exact) mass is 392 g/mol. The van der Waals surface area contributed by atoms with Gasteiger partial charge in [0.15, 0.2) is 15.4 Å². The molecule has 1 heterocycles. The molecule has 0 radical (unpaired) electrons. The highest BCUT2D eigenvalue weighted by Gasteiger charge is 2.68. The fraction of sp³-hybridized carbons (Fsp3) is 0.579. The van der Waals surface area contributed by atoms with Gasteiger partial charge in [-0.15, -0.1) is 0 Å². The van der Waals surface area contributed by atoms with E-state index in [2.05, 4.69) is 10.6 Å². The third kappa shape index (κ3) is 2.77. The number of sulfone groups is 1. The fourth-order valence-electron chi connectivity index (χ4n) is 5.29. The van der Waals surface area contributed by atoms with E-state index in [1.807, 2.05) is 0 Å². The molecule has 0 aromatic heterocycles. The molecule has 27 heavy (non-hydrogen) atoms. The zero-order chi connectivity index (χ0) is 19.2. The molecule has 0 spiro atoms. The Kier molecular flexibility index (Phi) is 4.50. The molecule has 1 aromatic rings. The van der Waals surface area contributed by atoms with Gasteiger partial charge < -0.3 is 15.7 Å². The number of carbonyl (C=O) groups excluding carboxylic acids is 1. The second-order valence-electron chi connectivity index (χ2n) is 7.86. The average Bonchev–Trinajstić information content (AvgIpc) is 3.39. The van der Waals surface area contributed by atoms with Gasteiger partial charge in [-0.25, -0.2) is 13.2 Å². The quantitative estimate of drug-likeness (QED) is 0.688. The Bertz CT molecular complexity index is 850. The first-order valence-corrected chi connectivity index (χ1v) is 11.0. The minimum atomic E-state index is -3.91. The summed E-state index contributed by atoms with van der Waals surface area (Å²) in [4.78, 5) is 25.3. The molecule has 3 aliphatic rings. The van der Waals surface area contributed by atoms with Crippen LogP contribution in [0.15, 0.2) is 35.2 Å². The first-order chi connectivity index (χ1) is 12.9. The fourth-order valence-corrected chi connectivity index (χ4v) is 7.71. The summed E-state index contributed by atoms with van der Waals surface area (Å²) in [5, 5.41) is 14.8. The van der Waals surface area contributed by atoms with Crippen molar-refractivity contribution in [2.75, 3.05) is 6.54 Å². The number of aliphatic carboxylic acids is 1. The highest BCUT2D eigenvalue weighted by molar-refractivity contribution is 7.92. The van der Waals surface area contributed by atoms with Crippen molar-refractivity contribution in [2.24, 2.45) is 11.8 Å². The van der Waals surface area contributed by atoms with Crippen LogP contribution in [0.4, 0.5) is 0 Å². The Morgan fingerprint density at radius 2 is 1.89 bits per heavy atom. The molecule has 2 bridgehead atoms. The van der Waals surface area contributed by atoms with Crippen molar-refractivity contribution in [3.8, 4) is 0 Å². The van der Waals surface area contributed by atoms with Crippen LogP contribution in [0.2, 0.25) is 0 Å². The van der Waals surface area contributed by atoms with Crippen LogP contribution in [0.1, 0.15) is 32.1 Å². The molecule has 1 aromatic carbocycles. The van der Waals surface area contributed by atoms with E-state index < -0.39 is 38.5 Å². The number of carboxylic acid groups (broad SMARTS) is 1. The topological polar surface area (TPSA) is 113 Å².